The molecule has 0 aliphatic carbocycles. The molecule has 106 valence electrons. The van der Waals surface area contributed by atoms with Gasteiger partial charge in [0, 0.05) is 16.7 Å². The standard InChI is InChI=1S/C14H20INO3/c1-2-3-10(6-7-17)9-16-14(19)12-8-11(15)4-5-13(12)18/h4-5,8,10,17-18H,2-3,6-7,9H2,1H3,(H,16,19). The third-order valence-corrected chi connectivity index (χ3v) is 3.66. The lowest BCUT2D eigenvalue weighted by Crippen LogP contribution is -2.29. The van der Waals surface area contributed by atoms with Gasteiger partial charge in [-0.15, -0.1) is 0 Å². The molecule has 0 radical (unpaired) electrons. The van der Waals surface area contributed by atoms with Crippen LogP contribution in [-0.2, 0) is 0 Å². The van der Waals surface area contributed by atoms with Crippen LogP contribution in [-0.4, -0.2) is 29.3 Å². The lowest BCUT2D eigenvalue weighted by molar-refractivity contribution is 0.0940. The molecule has 1 atom stereocenters. The first-order chi connectivity index (χ1) is 9.08. The fraction of sp³-hybridized carbons (Fsp3) is 0.500. The Balaban J connectivity index is 2.61. The van der Waals surface area contributed by atoms with Crippen LogP contribution >= 0.6 is 22.6 Å². The van der Waals surface area contributed by atoms with Crippen molar-refractivity contribution in [3.63, 3.8) is 0 Å². The molecular formula is C14H20INO3. The highest BCUT2D eigenvalue weighted by atomic mass is 127. The molecule has 0 heterocycles. The summed E-state index contributed by atoms with van der Waals surface area (Å²) in [7, 11) is 0. The SMILES string of the molecule is CCCC(CCO)CNC(=O)c1cc(I)ccc1O. The zero-order chi connectivity index (χ0) is 14.3. The van der Waals surface area contributed by atoms with Gasteiger partial charge < -0.3 is 15.5 Å². The summed E-state index contributed by atoms with van der Waals surface area (Å²) in [5.41, 5.74) is 0.297. The molecular weight excluding hydrogens is 357 g/mol. The molecule has 0 aromatic heterocycles. The highest BCUT2D eigenvalue weighted by Gasteiger charge is 2.14. The topological polar surface area (TPSA) is 69.6 Å². The number of hydrogen-bond acceptors (Lipinski definition) is 3. The highest BCUT2D eigenvalue weighted by Crippen LogP contribution is 2.19. The van der Waals surface area contributed by atoms with Gasteiger partial charge in [0.05, 0.1) is 5.56 Å². The average molecular weight is 377 g/mol. The van der Waals surface area contributed by atoms with Crippen molar-refractivity contribution in [3.8, 4) is 5.75 Å². The first-order valence-corrected chi connectivity index (χ1v) is 7.54. The minimum Gasteiger partial charge on any atom is -0.507 e. The molecule has 3 N–H and O–H groups in total. The predicted molar refractivity (Wildman–Crippen MR) is 83.3 cm³/mol. The van der Waals surface area contributed by atoms with Gasteiger partial charge in [0.25, 0.3) is 5.91 Å². The zero-order valence-electron chi connectivity index (χ0n) is 11.0. The van der Waals surface area contributed by atoms with Crippen molar-refractivity contribution in [1.82, 2.24) is 5.32 Å². The second kappa shape index (κ2) is 8.37. The van der Waals surface area contributed by atoms with Gasteiger partial charge in [-0.05, 0) is 59.5 Å². The van der Waals surface area contributed by atoms with Crippen LogP contribution in [0.5, 0.6) is 5.75 Å². The van der Waals surface area contributed by atoms with E-state index < -0.39 is 0 Å². The van der Waals surface area contributed by atoms with Crippen LogP contribution in [0, 0.1) is 9.49 Å². The van der Waals surface area contributed by atoms with E-state index in [1.807, 2.05) is 0 Å². The van der Waals surface area contributed by atoms with Crippen molar-refractivity contribution >= 4 is 28.5 Å². The number of benzene rings is 1. The summed E-state index contributed by atoms with van der Waals surface area (Å²) < 4.78 is 0.904. The fourth-order valence-electron chi connectivity index (χ4n) is 1.96. The minimum atomic E-state index is -0.268. The molecule has 1 aromatic carbocycles. The number of halogens is 1. The van der Waals surface area contributed by atoms with Gasteiger partial charge in [-0.2, -0.15) is 0 Å². The lowest BCUT2D eigenvalue weighted by Gasteiger charge is -2.16. The van der Waals surface area contributed by atoms with Crippen LogP contribution in [0.15, 0.2) is 18.2 Å². The van der Waals surface area contributed by atoms with Crippen molar-refractivity contribution in [2.24, 2.45) is 5.92 Å². The molecule has 1 aromatic rings. The largest absolute Gasteiger partial charge is 0.507 e. The summed E-state index contributed by atoms with van der Waals surface area (Å²) in [6, 6.07) is 4.93. The summed E-state index contributed by atoms with van der Waals surface area (Å²) >= 11 is 2.10. The van der Waals surface area contributed by atoms with Crippen LogP contribution in [0.25, 0.3) is 0 Å². The van der Waals surface area contributed by atoms with Crippen LogP contribution < -0.4 is 5.32 Å². The van der Waals surface area contributed by atoms with E-state index >= 15 is 0 Å². The zero-order valence-corrected chi connectivity index (χ0v) is 13.2. The number of phenolic OH excluding ortho intramolecular Hbond substituents is 1. The Labute approximate surface area is 127 Å². The number of rotatable bonds is 7. The summed E-state index contributed by atoms with van der Waals surface area (Å²) in [6.07, 6.45) is 2.68. The van der Waals surface area contributed by atoms with Crippen LogP contribution in [0.1, 0.15) is 36.5 Å². The number of aliphatic hydroxyl groups excluding tert-OH is 1. The molecule has 19 heavy (non-hydrogen) atoms. The monoisotopic (exact) mass is 377 g/mol. The third-order valence-electron chi connectivity index (χ3n) is 2.99. The Bertz CT molecular complexity index is 417. The van der Waals surface area contributed by atoms with Gasteiger partial charge in [-0.3, -0.25) is 4.79 Å². The molecule has 1 unspecified atom stereocenters. The number of nitrogens with one attached hydrogen (secondary N) is 1. The van der Waals surface area contributed by atoms with Crippen LogP contribution in [0.3, 0.4) is 0 Å². The first-order valence-electron chi connectivity index (χ1n) is 6.46. The predicted octanol–water partition coefficient (Wildman–Crippen LogP) is 2.53. The maximum Gasteiger partial charge on any atom is 0.255 e. The summed E-state index contributed by atoms with van der Waals surface area (Å²) in [5.74, 6) is 0.00560. The van der Waals surface area contributed by atoms with Gasteiger partial charge in [0.2, 0.25) is 0 Å². The number of carbonyl (C=O) groups excluding carboxylic acids is 1. The first kappa shape index (κ1) is 16.2. The molecule has 4 nitrogen and oxygen atoms in total. The van der Waals surface area contributed by atoms with Crippen molar-refractivity contribution < 1.29 is 15.0 Å². The number of phenols is 1. The molecule has 5 heteroatoms. The summed E-state index contributed by atoms with van der Waals surface area (Å²) in [5, 5.41) is 21.5. The maximum absolute atomic E-state index is 12.0. The van der Waals surface area contributed by atoms with E-state index in [0.29, 0.717) is 18.5 Å². The highest BCUT2D eigenvalue weighted by molar-refractivity contribution is 14.1. The molecule has 1 amide bonds. The Morgan fingerprint density at radius 1 is 1.42 bits per heavy atom. The number of aromatic hydroxyl groups is 1. The van der Waals surface area contributed by atoms with Gasteiger partial charge in [0.15, 0.2) is 0 Å². The smallest absolute Gasteiger partial charge is 0.255 e. The second-order valence-electron chi connectivity index (χ2n) is 4.54. The molecule has 0 bridgehead atoms. The van der Waals surface area contributed by atoms with Crippen LogP contribution in [0.4, 0.5) is 0 Å². The van der Waals surface area contributed by atoms with Gasteiger partial charge >= 0.3 is 0 Å². The lowest BCUT2D eigenvalue weighted by atomic mass is 10.00. The van der Waals surface area contributed by atoms with Crippen molar-refractivity contribution in [2.45, 2.75) is 26.2 Å². The van der Waals surface area contributed by atoms with Crippen LogP contribution in [0.2, 0.25) is 0 Å². The Kier molecular flexibility index (Phi) is 7.15. The average Bonchev–Trinajstić information content (AvgIpc) is 2.39. The van der Waals surface area contributed by atoms with E-state index in [1.165, 1.54) is 6.07 Å². The molecule has 0 spiro atoms. The molecule has 1 rings (SSSR count). The van der Waals surface area contributed by atoms with Gasteiger partial charge in [-0.1, -0.05) is 13.3 Å². The minimum absolute atomic E-state index is 0.00730. The Hall–Kier alpha value is -0.820. The second-order valence-corrected chi connectivity index (χ2v) is 5.78. The van der Waals surface area contributed by atoms with Crippen molar-refractivity contribution in [2.75, 3.05) is 13.2 Å². The third kappa shape index (κ3) is 5.36. The Morgan fingerprint density at radius 2 is 2.16 bits per heavy atom. The normalized spacial score (nSPS) is 12.2. The molecule has 0 saturated carbocycles. The number of hydrogen-bond donors (Lipinski definition) is 3. The quantitative estimate of drug-likeness (QED) is 0.640. The van der Waals surface area contributed by atoms with E-state index in [1.54, 1.807) is 12.1 Å². The van der Waals surface area contributed by atoms with E-state index in [2.05, 4.69) is 34.8 Å². The summed E-state index contributed by atoms with van der Waals surface area (Å²) in [4.78, 5) is 12.0. The van der Waals surface area contributed by atoms with E-state index in [9.17, 15) is 9.90 Å². The van der Waals surface area contributed by atoms with E-state index in [0.717, 1.165) is 16.4 Å². The summed E-state index contributed by atoms with van der Waals surface area (Å²) in [6.45, 7) is 2.74. The fourth-order valence-corrected chi connectivity index (χ4v) is 2.45. The van der Waals surface area contributed by atoms with Gasteiger partial charge in [0.1, 0.15) is 5.75 Å². The van der Waals surface area contributed by atoms with Crippen molar-refractivity contribution in [1.29, 1.82) is 0 Å². The molecule has 0 saturated heterocycles. The van der Waals surface area contributed by atoms with Crippen molar-refractivity contribution in [3.05, 3.63) is 27.3 Å². The van der Waals surface area contributed by atoms with E-state index in [4.69, 9.17) is 5.11 Å². The number of amides is 1. The maximum atomic E-state index is 12.0. The van der Waals surface area contributed by atoms with Gasteiger partial charge in [-0.25, -0.2) is 0 Å². The molecule has 0 aliphatic rings. The molecule has 0 aliphatic heterocycles. The Morgan fingerprint density at radius 3 is 2.79 bits per heavy atom. The van der Waals surface area contributed by atoms with E-state index in [-0.39, 0.29) is 24.2 Å². The molecule has 0 fully saturated rings. The number of carbonyl (C=O) groups is 1. The number of aliphatic hydroxyl groups is 1.